The fourth-order valence-electron chi connectivity index (χ4n) is 0.420. The first-order valence-electron chi connectivity index (χ1n) is 2.11. The molecular weight excluding hydrogens is 151 g/mol. The Morgan fingerprint density at radius 1 is 1.00 bits per heavy atom. The minimum atomic E-state index is 1.20. The molecule has 0 aliphatic heterocycles. The summed E-state index contributed by atoms with van der Waals surface area (Å²) in [5.41, 5.74) is 0. The summed E-state index contributed by atoms with van der Waals surface area (Å²) in [6.45, 7) is 0. The second-order valence-electron chi connectivity index (χ2n) is 1.31. The van der Waals surface area contributed by atoms with Crippen molar-refractivity contribution < 1.29 is 0 Å². The zero-order valence-electron chi connectivity index (χ0n) is 3.79. The van der Waals surface area contributed by atoms with Crippen LogP contribution in [0.4, 0.5) is 0 Å². The molecule has 2 radical (unpaired) electrons. The number of benzene rings is 1. The molecule has 0 aliphatic rings. The van der Waals surface area contributed by atoms with Crippen molar-refractivity contribution in [3.63, 3.8) is 0 Å². The summed E-state index contributed by atoms with van der Waals surface area (Å²) in [5.74, 6) is 0. The third-order valence-corrected chi connectivity index (χ3v) is 1.31. The second-order valence-corrected chi connectivity index (χ2v) is 2.30. The van der Waals surface area contributed by atoms with Crippen molar-refractivity contribution in [2.75, 3.05) is 0 Å². The van der Waals surface area contributed by atoms with Crippen molar-refractivity contribution in [3.05, 3.63) is 30.3 Å². The summed E-state index contributed by atoms with van der Waals surface area (Å²) >= 11 is 2.90. The molecule has 0 saturated carbocycles. The van der Waals surface area contributed by atoms with Gasteiger partial charge in [-0.3, -0.25) is 0 Å². The zero-order chi connectivity index (χ0) is 5.11. The molecule has 1 aromatic carbocycles. The van der Waals surface area contributed by atoms with Crippen molar-refractivity contribution in [1.82, 2.24) is 0 Å². The molecule has 1 rings (SSSR count). The predicted molar refractivity (Wildman–Crippen MR) is 31.8 cm³/mol. The molecule has 1 aromatic rings. The van der Waals surface area contributed by atoms with Gasteiger partial charge in [-0.1, -0.05) is 0 Å². The van der Waals surface area contributed by atoms with E-state index in [0.717, 1.165) is 0 Å². The Hall–Kier alpha value is -0.261. The molecule has 0 amide bonds. The van der Waals surface area contributed by atoms with Gasteiger partial charge < -0.3 is 0 Å². The summed E-state index contributed by atoms with van der Waals surface area (Å²) in [6, 6.07) is 10.1. The number of hydrogen-bond donors (Lipinski definition) is 0. The van der Waals surface area contributed by atoms with Crippen LogP contribution in [-0.2, 0) is 0 Å². The van der Waals surface area contributed by atoms with E-state index in [1.807, 2.05) is 30.3 Å². The van der Waals surface area contributed by atoms with E-state index in [-0.39, 0.29) is 0 Å². The Balaban J connectivity index is 3.02. The van der Waals surface area contributed by atoms with Gasteiger partial charge in [0.2, 0.25) is 0 Å². The first kappa shape index (κ1) is 4.89. The summed E-state index contributed by atoms with van der Waals surface area (Å²) in [6.07, 6.45) is 0. The van der Waals surface area contributed by atoms with Gasteiger partial charge in [-0.25, -0.2) is 0 Å². The van der Waals surface area contributed by atoms with E-state index in [1.54, 1.807) is 0 Å². The van der Waals surface area contributed by atoms with Crippen LogP contribution in [-0.4, -0.2) is 16.0 Å². The van der Waals surface area contributed by atoms with Gasteiger partial charge in [-0.05, 0) is 0 Å². The van der Waals surface area contributed by atoms with Crippen LogP contribution in [0.3, 0.4) is 0 Å². The van der Waals surface area contributed by atoms with Gasteiger partial charge in [0.25, 0.3) is 0 Å². The molecule has 0 aliphatic carbocycles. The molecule has 0 nitrogen and oxygen atoms in total. The van der Waals surface area contributed by atoms with Crippen LogP contribution in [0.25, 0.3) is 0 Å². The van der Waals surface area contributed by atoms with Crippen molar-refractivity contribution in [2.45, 2.75) is 0 Å². The van der Waals surface area contributed by atoms with Crippen LogP contribution < -0.4 is 4.46 Å². The molecule has 0 fully saturated rings. The van der Waals surface area contributed by atoms with Crippen LogP contribution in [0.2, 0.25) is 0 Å². The van der Waals surface area contributed by atoms with E-state index >= 15 is 0 Å². The normalized spacial score (nSPS) is 8.57. The average molecular weight is 156 g/mol. The van der Waals surface area contributed by atoms with Crippen molar-refractivity contribution >= 4 is 20.5 Å². The van der Waals surface area contributed by atoms with Gasteiger partial charge in [-0.2, -0.15) is 0 Å². The monoisotopic (exact) mass is 157 g/mol. The third kappa shape index (κ3) is 1.34. The van der Waals surface area contributed by atoms with E-state index in [0.29, 0.717) is 0 Å². The third-order valence-electron chi connectivity index (χ3n) is 0.743. The fraction of sp³-hybridized carbons (Fsp3) is 0. The zero-order valence-corrected chi connectivity index (χ0v) is 5.51. The fourth-order valence-corrected chi connectivity index (χ4v) is 0.750. The molecule has 34 valence electrons. The number of hydrogen-bond acceptors (Lipinski definition) is 0. The molecule has 0 unspecified atom stereocenters. The Morgan fingerprint density at radius 2 is 1.57 bits per heavy atom. The standard InChI is InChI=1S/C6H5Se/c7-6-4-2-1-3-5-6/h1-5H/q+1. The van der Waals surface area contributed by atoms with Crippen LogP contribution in [0, 0.1) is 0 Å². The van der Waals surface area contributed by atoms with E-state index < -0.39 is 0 Å². The second kappa shape index (κ2) is 2.15. The summed E-state index contributed by atoms with van der Waals surface area (Å²) in [4.78, 5) is 0. The van der Waals surface area contributed by atoms with Crippen LogP contribution in [0.15, 0.2) is 30.3 Å². The molecule has 0 spiro atoms. The Bertz CT molecular complexity index is 134. The molecule has 0 saturated heterocycles. The first-order chi connectivity index (χ1) is 3.39. The summed E-state index contributed by atoms with van der Waals surface area (Å²) in [7, 11) is 0. The average Bonchev–Trinajstić information content (AvgIpc) is 1.69. The van der Waals surface area contributed by atoms with Crippen molar-refractivity contribution in [1.29, 1.82) is 0 Å². The first-order valence-corrected chi connectivity index (χ1v) is 2.97. The molecule has 0 heterocycles. The van der Waals surface area contributed by atoms with Gasteiger partial charge in [0, 0.05) is 0 Å². The maximum absolute atomic E-state index is 2.90. The molecular formula is C6H5Se+. The summed E-state index contributed by atoms with van der Waals surface area (Å²) in [5, 5.41) is 0. The topological polar surface area (TPSA) is 0 Å². The van der Waals surface area contributed by atoms with Crippen molar-refractivity contribution in [2.24, 2.45) is 0 Å². The van der Waals surface area contributed by atoms with Crippen LogP contribution >= 0.6 is 0 Å². The van der Waals surface area contributed by atoms with Gasteiger partial charge in [0.05, 0.1) is 0 Å². The molecule has 0 aromatic heterocycles. The van der Waals surface area contributed by atoms with Gasteiger partial charge in [-0.15, -0.1) is 0 Å². The molecule has 0 bridgehead atoms. The van der Waals surface area contributed by atoms with E-state index in [2.05, 4.69) is 16.0 Å². The number of rotatable bonds is 0. The van der Waals surface area contributed by atoms with Gasteiger partial charge >= 0.3 is 50.8 Å². The molecule has 0 N–H and O–H groups in total. The molecule has 7 heavy (non-hydrogen) atoms. The molecule has 1 heteroatoms. The van der Waals surface area contributed by atoms with Crippen molar-refractivity contribution in [3.8, 4) is 0 Å². The van der Waals surface area contributed by atoms with Crippen LogP contribution in [0.1, 0.15) is 0 Å². The molecule has 0 atom stereocenters. The minimum absolute atomic E-state index is 1.20. The summed E-state index contributed by atoms with van der Waals surface area (Å²) < 4.78 is 1.20. The SMILES string of the molecule is [Se+]c1ccccc1. The van der Waals surface area contributed by atoms with E-state index in [1.165, 1.54) is 4.46 Å². The maximum atomic E-state index is 2.90. The Kier molecular flexibility index (Phi) is 1.50. The Morgan fingerprint density at radius 3 is 1.86 bits per heavy atom. The Labute approximate surface area is 51.4 Å². The quantitative estimate of drug-likeness (QED) is 0.479. The van der Waals surface area contributed by atoms with Gasteiger partial charge in [0.1, 0.15) is 0 Å². The van der Waals surface area contributed by atoms with E-state index in [4.69, 9.17) is 0 Å². The van der Waals surface area contributed by atoms with E-state index in [9.17, 15) is 0 Å². The van der Waals surface area contributed by atoms with Gasteiger partial charge in [0.15, 0.2) is 0 Å². The predicted octanol–water partition coefficient (Wildman–Crippen LogP) is 0.480. The van der Waals surface area contributed by atoms with Crippen LogP contribution in [0.5, 0.6) is 0 Å².